The third-order valence-corrected chi connectivity index (χ3v) is 12.2. The summed E-state index contributed by atoms with van der Waals surface area (Å²) >= 11 is 0. The number of fused-ring (bicyclic) bond motifs is 9. The lowest BCUT2D eigenvalue weighted by Crippen LogP contribution is -2.43. The van der Waals surface area contributed by atoms with E-state index in [4.69, 9.17) is 0 Å². The van der Waals surface area contributed by atoms with E-state index in [0.29, 0.717) is 0 Å². The maximum Gasteiger partial charge on any atom is 0.0468 e. The minimum Gasteiger partial charge on any atom is -0.310 e. The zero-order chi connectivity index (χ0) is 33.0. The summed E-state index contributed by atoms with van der Waals surface area (Å²) in [6.45, 7) is 14.4. The van der Waals surface area contributed by atoms with Crippen LogP contribution in [0.15, 0.2) is 140 Å². The summed E-state index contributed by atoms with van der Waals surface area (Å²) in [5.74, 6) is 0. The van der Waals surface area contributed by atoms with E-state index < -0.39 is 0 Å². The minimum atomic E-state index is -0.0609. The van der Waals surface area contributed by atoms with Gasteiger partial charge in [0.25, 0.3) is 0 Å². The molecule has 0 amide bonds. The lowest BCUT2D eigenvalue weighted by Gasteiger charge is -2.48. The Labute approximate surface area is 284 Å². The SMILES string of the molecule is CC1(C)c2ccccc2-c2ccc(N(c3ccccc3)c3ccc4c(ccc5cc6c(cc54)C(C)(C)C(C)(C)c4ccccc4-6)c3)cc21. The Morgan fingerprint density at radius 3 is 1.67 bits per heavy atom. The fourth-order valence-corrected chi connectivity index (χ4v) is 8.77. The fourth-order valence-electron chi connectivity index (χ4n) is 8.77. The molecule has 0 spiro atoms. The summed E-state index contributed by atoms with van der Waals surface area (Å²) in [7, 11) is 0. The van der Waals surface area contributed by atoms with Crippen LogP contribution in [0.3, 0.4) is 0 Å². The Morgan fingerprint density at radius 1 is 0.354 bits per heavy atom. The van der Waals surface area contributed by atoms with Crippen LogP contribution in [0.2, 0.25) is 0 Å². The maximum absolute atomic E-state index is 2.50. The molecule has 7 aromatic rings. The van der Waals surface area contributed by atoms with Crippen LogP contribution in [0.4, 0.5) is 17.1 Å². The van der Waals surface area contributed by atoms with E-state index in [-0.39, 0.29) is 16.2 Å². The Kier molecular flexibility index (Phi) is 6.01. The van der Waals surface area contributed by atoms with Gasteiger partial charge in [0.05, 0.1) is 0 Å². The second kappa shape index (κ2) is 9.94. The highest BCUT2D eigenvalue weighted by molar-refractivity contribution is 6.10. The Bertz CT molecular complexity index is 2430. The average Bonchev–Trinajstić information content (AvgIpc) is 3.33. The molecule has 0 aliphatic heterocycles. The molecular weight excluding hydrogens is 579 g/mol. The zero-order valence-electron chi connectivity index (χ0n) is 28.7. The highest BCUT2D eigenvalue weighted by Gasteiger charge is 2.45. The van der Waals surface area contributed by atoms with Crippen molar-refractivity contribution in [2.45, 2.75) is 57.8 Å². The first-order chi connectivity index (χ1) is 23.1. The second-order valence-corrected chi connectivity index (χ2v) is 15.5. The van der Waals surface area contributed by atoms with Crippen LogP contribution in [-0.4, -0.2) is 0 Å². The molecule has 1 heteroatoms. The van der Waals surface area contributed by atoms with Crippen molar-refractivity contribution in [3.05, 3.63) is 162 Å². The summed E-state index contributed by atoms with van der Waals surface area (Å²) in [4.78, 5) is 2.42. The van der Waals surface area contributed by atoms with Crippen molar-refractivity contribution in [1.82, 2.24) is 0 Å². The van der Waals surface area contributed by atoms with Crippen molar-refractivity contribution in [1.29, 1.82) is 0 Å². The molecule has 0 fully saturated rings. The third kappa shape index (κ3) is 3.91. The minimum absolute atomic E-state index is 0.00397. The number of para-hydroxylation sites is 1. The van der Waals surface area contributed by atoms with Gasteiger partial charge in [-0.25, -0.2) is 0 Å². The molecule has 0 unspecified atom stereocenters. The van der Waals surface area contributed by atoms with Gasteiger partial charge in [0.2, 0.25) is 0 Å². The first kappa shape index (κ1) is 29.0. The van der Waals surface area contributed by atoms with Gasteiger partial charge in [0, 0.05) is 22.5 Å². The van der Waals surface area contributed by atoms with Crippen LogP contribution >= 0.6 is 0 Å². The number of hydrogen-bond donors (Lipinski definition) is 0. The average molecular weight is 620 g/mol. The molecule has 0 bridgehead atoms. The lowest BCUT2D eigenvalue weighted by atomic mass is 9.55. The Balaban J connectivity index is 1.22. The molecule has 2 aliphatic carbocycles. The van der Waals surface area contributed by atoms with Crippen molar-refractivity contribution in [3.63, 3.8) is 0 Å². The van der Waals surface area contributed by atoms with Gasteiger partial charge < -0.3 is 4.90 Å². The molecule has 0 heterocycles. The molecule has 234 valence electrons. The van der Waals surface area contributed by atoms with Crippen LogP contribution < -0.4 is 4.90 Å². The van der Waals surface area contributed by atoms with E-state index in [2.05, 4.69) is 186 Å². The van der Waals surface area contributed by atoms with Crippen molar-refractivity contribution in [2.24, 2.45) is 0 Å². The second-order valence-electron chi connectivity index (χ2n) is 15.5. The monoisotopic (exact) mass is 619 g/mol. The quantitative estimate of drug-likeness (QED) is 0.178. The van der Waals surface area contributed by atoms with Crippen LogP contribution in [0.5, 0.6) is 0 Å². The first-order valence-corrected chi connectivity index (χ1v) is 17.3. The van der Waals surface area contributed by atoms with Crippen LogP contribution in [-0.2, 0) is 16.2 Å². The smallest absolute Gasteiger partial charge is 0.0468 e. The van der Waals surface area contributed by atoms with Gasteiger partial charge in [-0.3, -0.25) is 0 Å². The molecule has 0 aromatic heterocycles. The van der Waals surface area contributed by atoms with Crippen molar-refractivity contribution in [3.8, 4) is 22.3 Å². The lowest BCUT2D eigenvalue weighted by molar-refractivity contribution is 0.299. The summed E-state index contributed by atoms with van der Waals surface area (Å²) in [6.07, 6.45) is 0. The molecular formula is C47H41N. The highest BCUT2D eigenvalue weighted by atomic mass is 15.1. The molecule has 0 N–H and O–H groups in total. The highest BCUT2D eigenvalue weighted by Crippen LogP contribution is 2.55. The fraction of sp³-hybridized carbons (Fsp3) is 0.191. The van der Waals surface area contributed by atoms with Crippen LogP contribution in [0, 0.1) is 0 Å². The van der Waals surface area contributed by atoms with Gasteiger partial charge in [-0.2, -0.15) is 0 Å². The predicted molar refractivity (Wildman–Crippen MR) is 205 cm³/mol. The van der Waals surface area contributed by atoms with Crippen molar-refractivity contribution in [2.75, 3.05) is 4.90 Å². The maximum atomic E-state index is 2.50. The summed E-state index contributed by atoms with van der Waals surface area (Å²) in [6, 6.07) is 52.3. The number of anilines is 3. The van der Waals surface area contributed by atoms with Gasteiger partial charge in [-0.15, -0.1) is 0 Å². The standard InChI is InChI=1S/C47H41N/c1-45(2)41-18-12-10-16-36(41)38-25-23-34(28-43(38)45)48(32-14-8-7-9-15-32)33-22-24-35-30(26-33)20-21-31-27-40-37-17-11-13-19-42(37)46(3,4)47(5,6)44(40)29-39(31)35/h7-29H,1-6H3. The van der Waals surface area contributed by atoms with E-state index >= 15 is 0 Å². The zero-order valence-corrected chi connectivity index (χ0v) is 28.7. The van der Waals surface area contributed by atoms with Gasteiger partial charge in [0.15, 0.2) is 0 Å². The Morgan fingerprint density at radius 2 is 0.917 bits per heavy atom. The van der Waals surface area contributed by atoms with Crippen molar-refractivity contribution >= 4 is 38.6 Å². The molecule has 2 aliphatic rings. The van der Waals surface area contributed by atoms with Crippen LogP contribution in [0.25, 0.3) is 43.8 Å². The normalized spacial score (nSPS) is 16.2. The molecule has 7 aromatic carbocycles. The largest absolute Gasteiger partial charge is 0.310 e. The summed E-state index contributed by atoms with van der Waals surface area (Å²) in [5, 5.41) is 5.16. The molecule has 0 saturated heterocycles. The van der Waals surface area contributed by atoms with E-state index in [1.807, 2.05) is 0 Å². The first-order valence-electron chi connectivity index (χ1n) is 17.3. The summed E-state index contributed by atoms with van der Waals surface area (Å²) in [5.41, 5.74) is 14.5. The topological polar surface area (TPSA) is 3.24 Å². The molecule has 0 saturated carbocycles. The molecule has 0 atom stereocenters. The van der Waals surface area contributed by atoms with Crippen molar-refractivity contribution < 1.29 is 0 Å². The number of rotatable bonds is 3. The Hall–Kier alpha value is -5.14. The third-order valence-electron chi connectivity index (χ3n) is 12.2. The van der Waals surface area contributed by atoms with Gasteiger partial charge in [-0.05, 0) is 125 Å². The molecule has 48 heavy (non-hydrogen) atoms. The molecule has 9 rings (SSSR count). The number of hydrogen-bond acceptors (Lipinski definition) is 1. The van der Waals surface area contributed by atoms with Gasteiger partial charge in [0.1, 0.15) is 0 Å². The van der Waals surface area contributed by atoms with E-state index in [9.17, 15) is 0 Å². The van der Waals surface area contributed by atoms with E-state index in [0.717, 1.165) is 11.4 Å². The van der Waals surface area contributed by atoms with Gasteiger partial charge in [-0.1, -0.05) is 133 Å². The number of benzene rings is 7. The van der Waals surface area contributed by atoms with E-state index in [1.54, 1.807) is 0 Å². The van der Waals surface area contributed by atoms with Gasteiger partial charge >= 0.3 is 0 Å². The molecule has 1 nitrogen and oxygen atoms in total. The predicted octanol–water partition coefficient (Wildman–Crippen LogP) is 13.0. The summed E-state index contributed by atoms with van der Waals surface area (Å²) < 4.78 is 0. The molecule has 0 radical (unpaired) electrons. The van der Waals surface area contributed by atoms with E-state index in [1.165, 1.54) is 71.7 Å². The van der Waals surface area contributed by atoms with Crippen LogP contribution in [0.1, 0.15) is 63.8 Å². The number of nitrogens with zero attached hydrogens (tertiary/aromatic N) is 1.